The van der Waals surface area contributed by atoms with E-state index in [1.807, 2.05) is 12.1 Å². The van der Waals surface area contributed by atoms with Crippen molar-refractivity contribution in [1.82, 2.24) is 0 Å². The van der Waals surface area contributed by atoms with Gasteiger partial charge in [-0.15, -0.1) is 0 Å². The van der Waals surface area contributed by atoms with Gasteiger partial charge in [-0.25, -0.2) is 0 Å². The van der Waals surface area contributed by atoms with Crippen molar-refractivity contribution >= 4 is 0 Å². The van der Waals surface area contributed by atoms with Gasteiger partial charge in [0.15, 0.2) is 0 Å². The van der Waals surface area contributed by atoms with Crippen molar-refractivity contribution in [3.63, 3.8) is 0 Å². The minimum atomic E-state index is -0.525. The van der Waals surface area contributed by atoms with Gasteiger partial charge < -0.3 is 5.73 Å². The van der Waals surface area contributed by atoms with Gasteiger partial charge in [0, 0.05) is 5.54 Å². The monoisotopic (exact) mass is 177 g/mol. The average molecular weight is 177 g/mol. The van der Waals surface area contributed by atoms with Gasteiger partial charge >= 0.3 is 0 Å². The zero-order chi connectivity index (χ0) is 9.73. The van der Waals surface area contributed by atoms with Crippen LogP contribution in [0.4, 0.5) is 0 Å². The summed E-state index contributed by atoms with van der Waals surface area (Å²) in [5.74, 6) is -0.525. The first-order valence-electron chi connectivity index (χ1n) is 4.78. The largest absolute Gasteiger partial charge is 0.325 e. The van der Waals surface area contributed by atoms with Crippen molar-refractivity contribution in [2.45, 2.75) is 44.1 Å². The van der Waals surface area contributed by atoms with Gasteiger partial charge in [-0.05, 0) is 19.3 Å². The summed E-state index contributed by atoms with van der Waals surface area (Å²) < 4.78 is 0. The Kier molecular flexibility index (Phi) is 3.28. The van der Waals surface area contributed by atoms with Crippen LogP contribution in [0.2, 0.25) is 0 Å². The number of nitriles is 2. The summed E-state index contributed by atoms with van der Waals surface area (Å²) in [5, 5.41) is 17.3. The second kappa shape index (κ2) is 4.25. The maximum atomic E-state index is 8.64. The first-order chi connectivity index (χ1) is 6.20. The molecule has 0 aromatic rings. The Morgan fingerprint density at radius 3 is 2.15 bits per heavy atom. The summed E-state index contributed by atoms with van der Waals surface area (Å²) in [6, 6.07) is 3.97. The molecule has 0 heterocycles. The van der Waals surface area contributed by atoms with Crippen molar-refractivity contribution in [3.05, 3.63) is 0 Å². The third kappa shape index (κ3) is 2.72. The fourth-order valence-corrected chi connectivity index (χ4v) is 1.99. The molecule has 0 saturated heterocycles. The molecule has 1 aliphatic rings. The highest BCUT2D eigenvalue weighted by molar-refractivity contribution is 5.04. The van der Waals surface area contributed by atoms with Crippen molar-refractivity contribution in [2.75, 3.05) is 0 Å². The molecule has 0 bridgehead atoms. The van der Waals surface area contributed by atoms with E-state index in [0.29, 0.717) is 6.42 Å². The highest BCUT2D eigenvalue weighted by Gasteiger charge is 2.30. The molecule has 13 heavy (non-hydrogen) atoms. The number of rotatable bonds is 2. The number of hydrogen-bond acceptors (Lipinski definition) is 3. The zero-order valence-electron chi connectivity index (χ0n) is 7.79. The van der Waals surface area contributed by atoms with Crippen LogP contribution in [-0.4, -0.2) is 5.54 Å². The zero-order valence-corrected chi connectivity index (χ0v) is 7.79. The van der Waals surface area contributed by atoms with E-state index in [-0.39, 0.29) is 5.54 Å². The first-order valence-corrected chi connectivity index (χ1v) is 4.78. The second-order valence-electron chi connectivity index (χ2n) is 3.94. The van der Waals surface area contributed by atoms with Crippen LogP contribution in [-0.2, 0) is 0 Å². The van der Waals surface area contributed by atoms with Crippen LogP contribution < -0.4 is 5.73 Å². The number of nitrogens with zero attached hydrogens (tertiary/aromatic N) is 2. The van der Waals surface area contributed by atoms with Crippen molar-refractivity contribution in [1.29, 1.82) is 10.5 Å². The summed E-state index contributed by atoms with van der Waals surface area (Å²) in [4.78, 5) is 0. The standard InChI is InChI=1S/C10H15N3/c11-7-9(8-12)6-10(13)4-2-1-3-5-10/h9H,1-6,13H2. The molecule has 2 N–H and O–H groups in total. The van der Waals surface area contributed by atoms with E-state index in [9.17, 15) is 0 Å². The van der Waals surface area contributed by atoms with Gasteiger partial charge in [-0.1, -0.05) is 19.3 Å². The molecule has 0 atom stereocenters. The van der Waals surface area contributed by atoms with Crippen LogP contribution in [0.1, 0.15) is 38.5 Å². The lowest BCUT2D eigenvalue weighted by Crippen LogP contribution is -2.43. The van der Waals surface area contributed by atoms with Crippen LogP contribution in [0.15, 0.2) is 0 Å². The van der Waals surface area contributed by atoms with Crippen LogP contribution in [0, 0.1) is 28.6 Å². The van der Waals surface area contributed by atoms with E-state index in [1.54, 1.807) is 0 Å². The second-order valence-corrected chi connectivity index (χ2v) is 3.94. The Bertz CT molecular complexity index is 226. The fraction of sp³-hybridized carbons (Fsp3) is 0.800. The summed E-state index contributed by atoms with van der Waals surface area (Å²) in [7, 11) is 0. The molecule has 0 unspecified atom stereocenters. The van der Waals surface area contributed by atoms with E-state index in [4.69, 9.17) is 16.3 Å². The Labute approximate surface area is 79.1 Å². The quantitative estimate of drug-likeness (QED) is 0.697. The molecule has 1 saturated carbocycles. The predicted molar refractivity (Wildman–Crippen MR) is 49.3 cm³/mol. The molecule has 1 fully saturated rings. The van der Waals surface area contributed by atoms with Crippen LogP contribution in [0.3, 0.4) is 0 Å². The van der Waals surface area contributed by atoms with Gasteiger partial charge in [0.25, 0.3) is 0 Å². The van der Waals surface area contributed by atoms with E-state index in [1.165, 1.54) is 6.42 Å². The Morgan fingerprint density at radius 1 is 1.15 bits per heavy atom. The lowest BCUT2D eigenvalue weighted by Gasteiger charge is -2.33. The van der Waals surface area contributed by atoms with Gasteiger partial charge in [0.2, 0.25) is 0 Å². The highest BCUT2D eigenvalue weighted by atomic mass is 14.7. The van der Waals surface area contributed by atoms with Gasteiger partial charge in [-0.2, -0.15) is 10.5 Å². The molecular formula is C10H15N3. The molecule has 3 heteroatoms. The summed E-state index contributed by atoms with van der Waals surface area (Å²) >= 11 is 0. The van der Waals surface area contributed by atoms with E-state index >= 15 is 0 Å². The lowest BCUT2D eigenvalue weighted by atomic mass is 9.77. The molecule has 0 spiro atoms. The van der Waals surface area contributed by atoms with E-state index in [0.717, 1.165) is 25.7 Å². The Hall–Kier alpha value is -1.06. The SMILES string of the molecule is N#CC(C#N)CC1(N)CCCCC1. The van der Waals surface area contributed by atoms with Crippen molar-refractivity contribution in [2.24, 2.45) is 11.7 Å². The smallest absolute Gasteiger partial charge is 0.135 e. The van der Waals surface area contributed by atoms with Crippen LogP contribution in [0.5, 0.6) is 0 Å². The van der Waals surface area contributed by atoms with E-state index < -0.39 is 5.92 Å². The van der Waals surface area contributed by atoms with Crippen LogP contribution in [0.25, 0.3) is 0 Å². The maximum absolute atomic E-state index is 8.64. The summed E-state index contributed by atoms with van der Waals surface area (Å²) in [6.45, 7) is 0. The lowest BCUT2D eigenvalue weighted by molar-refractivity contribution is 0.267. The third-order valence-corrected chi connectivity index (χ3v) is 2.77. The molecular weight excluding hydrogens is 162 g/mol. The molecule has 0 amide bonds. The third-order valence-electron chi connectivity index (χ3n) is 2.77. The molecule has 0 aromatic heterocycles. The normalized spacial score (nSPS) is 20.6. The molecule has 1 aliphatic carbocycles. The van der Waals surface area contributed by atoms with Crippen molar-refractivity contribution < 1.29 is 0 Å². The summed E-state index contributed by atoms with van der Waals surface area (Å²) in [5.41, 5.74) is 5.87. The van der Waals surface area contributed by atoms with Gasteiger partial charge in [0.05, 0.1) is 12.1 Å². The number of hydrogen-bond donors (Lipinski definition) is 1. The fourth-order valence-electron chi connectivity index (χ4n) is 1.99. The molecule has 0 aliphatic heterocycles. The first kappa shape index (κ1) is 10.0. The minimum Gasteiger partial charge on any atom is -0.325 e. The molecule has 70 valence electrons. The van der Waals surface area contributed by atoms with Crippen molar-refractivity contribution in [3.8, 4) is 12.1 Å². The minimum absolute atomic E-state index is 0.242. The molecule has 0 aromatic carbocycles. The van der Waals surface area contributed by atoms with Gasteiger partial charge in [0.1, 0.15) is 5.92 Å². The maximum Gasteiger partial charge on any atom is 0.135 e. The average Bonchev–Trinajstić information content (AvgIpc) is 2.15. The predicted octanol–water partition coefficient (Wildman–Crippen LogP) is 1.70. The van der Waals surface area contributed by atoms with Gasteiger partial charge in [-0.3, -0.25) is 0 Å². The Morgan fingerprint density at radius 2 is 1.69 bits per heavy atom. The summed E-state index contributed by atoms with van der Waals surface area (Å²) in [6.07, 6.45) is 5.99. The molecule has 1 rings (SSSR count). The molecule has 3 nitrogen and oxygen atoms in total. The number of nitrogens with two attached hydrogens (primary N) is 1. The van der Waals surface area contributed by atoms with E-state index in [2.05, 4.69) is 0 Å². The molecule has 0 radical (unpaired) electrons. The topological polar surface area (TPSA) is 73.6 Å². The van der Waals surface area contributed by atoms with Crippen LogP contribution >= 0.6 is 0 Å². The Balaban J connectivity index is 2.51. The highest BCUT2D eigenvalue weighted by Crippen LogP contribution is 2.30.